The molecule has 0 aliphatic carbocycles. The van der Waals surface area contributed by atoms with E-state index in [1.54, 1.807) is 0 Å². The van der Waals surface area contributed by atoms with E-state index in [2.05, 4.69) is 611 Å². The van der Waals surface area contributed by atoms with E-state index in [1.807, 2.05) is 0 Å². The van der Waals surface area contributed by atoms with Crippen molar-refractivity contribution in [1.82, 2.24) is 13.7 Å². The van der Waals surface area contributed by atoms with Crippen LogP contribution in [0.5, 0.6) is 0 Å². The zero-order chi connectivity index (χ0) is 95.6. The fourth-order valence-corrected chi connectivity index (χ4v) is 21.1. The molecule has 27 aromatic rings. The molecule has 0 bridgehead atoms. The first-order valence-electron chi connectivity index (χ1n) is 49.3. The number of aromatic nitrogens is 3. The summed E-state index contributed by atoms with van der Waals surface area (Å²) in [6.07, 6.45) is 0. The molecule has 678 valence electrons. The normalized spacial score (nSPS) is 11.3. The summed E-state index contributed by atoms with van der Waals surface area (Å²) in [4.78, 5) is 6.99. The summed E-state index contributed by atoms with van der Waals surface area (Å²) >= 11 is 0. The van der Waals surface area contributed by atoms with Crippen molar-refractivity contribution in [3.05, 3.63) is 582 Å². The van der Waals surface area contributed by atoms with Crippen molar-refractivity contribution in [2.45, 2.75) is 0 Å². The van der Waals surface area contributed by atoms with Gasteiger partial charge in [-0.1, -0.05) is 382 Å². The van der Waals surface area contributed by atoms with Gasteiger partial charge >= 0.3 is 0 Å². The maximum absolute atomic E-state index is 2.38. The largest absolute Gasteiger partial charge is 0.311 e. The van der Waals surface area contributed by atoms with Crippen LogP contribution in [0.25, 0.3) is 182 Å². The first-order chi connectivity index (χ1) is 71.4. The number of hydrogen-bond donors (Lipinski definition) is 0. The monoisotopic (exact) mass is 1840 g/mol. The van der Waals surface area contributed by atoms with Crippen molar-refractivity contribution in [3.8, 4) is 83.8 Å². The van der Waals surface area contributed by atoms with Gasteiger partial charge in [0.05, 0.1) is 33.1 Å². The second kappa shape index (κ2) is 38.3. The van der Waals surface area contributed by atoms with Crippen LogP contribution in [0.1, 0.15) is 0 Å². The lowest BCUT2D eigenvalue weighted by Gasteiger charge is -2.26. The van der Waals surface area contributed by atoms with Crippen LogP contribution in [0.3, 0.4) is 0 Å². The molecule has 24 aromatic carbocycles. The maximum Gasteiger partial charge on any atom is 0.0541 e. The average molecular weight is 1840 g/mol. The molecule has 0 amide bonds. The van der Waals surface area contributed by atoms with Gasteiger partial charge < -0.3 is 28.4 Å². The predicted molar refractivity (Wildman–Crippen MR) is 612 cm³/mol. The van der Waals surface area contributed by atoms with Gasteiger partial charge in [-0.15, -0.1) is 0 Å². The number of hydrogen-bond acceptors (Lipinski definition) is 3. The summed E-state index contributed by atoms with van der Waals surface area (Å²) in [6.45, 7) is 0. The average Bonchev–Trinajstić information content (AvgIpc) is 1.68. The highest BCUT2D eigenvalue weighted by molar-refractivity contribution is 6.12. The van der Waals surface area contributed by atoms with Crippen molar-refractivity contribution >= 4 is 149 Å². The van der Waals surface area contributed by atoms with Gasteiger partial charge in [0, 0.05) is 101 Å². The minimum Gasteiger partial charge on any atom is -0.311 e. The molecule has 0 radical (unpaired) electrons. The Hall–Kier alpha value is -19.1. The van der Waals surface area contributed by atoms with Crippen molar-refractivity contribution in [2.24, 2.45) is 0 Å². The SMILES string of the molecule is c1ccc(N(c2ccc(-c3ccc4ccccc4c3)cc2)c2cccc(-c3ccc(-n4c5ccccc5c5ccccc54)cc3)c2)cc1.c1ccc(N(c2ccc(-c3ccc4ccccc4c3)cc2)c2cccc(-c3cccc(-n4c5ccccc5c5ccccc54)c3)c2)cc1.c1ccc(N(c2ccc(-c3cccc(-n4c5ccccc5c5ccccc54)c3)cc2)c2ccc(-c3ccc4ccccc4c3)cc2)cc1. The third-order valence-electron chi connectivity index (χ3n) is 28.1. The third kappa shape index (κ3) is 16.9. The second-order valence-electron chi connectivity index (χ2n) is 36.7. The van der Waals surface area contributed by atoms with Crippen molar-refractivity contribution in [2.75, 3.05) is 14.7 Å². The summed E-state index contributed by atoms with van der Waals surface area (Å²) in [5, 5.41) is 15.2. The molecule has 3 heterocycles. The van der Waals surface area contributed by atoms with E-state index in [4.69, 9.17) is 0 Å². The van der Waals surface area contributed by atoms with Gasteiger partial charge in [0.25, 0.3) is 0 Å². The Balaban J connectivity index is 0.000000113. The molecule has 144 heavy (non-hydrogen) atoms. The van der Waals surface area contributed by atoms with Gasteiger partial charge in [-0.05, 0) is 299 Å². The lowest BCUT2D eigenvalue weighted by atomic mass is 10.0. The minimum atomic E-state index is 1.11. The first kappa shape index (κ1) is 86.4. The molecule has 6 nitrogen and oxygen atoms in total. The standard InChI is InChI=1S/3C46H32N2/c1-2-16-39(17-3-1)47(40-28-26-34(27-29-40)38-25-24-33-12-4-5-13-35(33)30-38)41-18-10-14-36(31-41)37-15-11-19-42(32-37)48-45-22-8-6-20-43(45)44-21-7-9-23-46(44)48;1-2-14-39(15-3-1)47(40-27-23-35(24-28-40)38-22-21-33-11-4-5-12-36(33)31-38)42-16-10-13-37(32-42)34-25-29-41(30-26-34)48-45-19-8-6-17-43(45)44-18-7-9-20-46(44)48;1-2-14-39(15-3-1)47(41-29-25-35(26-30-41)38-22-21-33-11-4-5-12-36(33)31-38)40-27-23-34(24-28-40)37-13-10-16-42(32-37)48-45-19-8-6-17-43(45)44-18-7-9-20-46(44)48/h3*1-32H. The zero-order valence-corrected chi connectivity index (χ0v) is 79.1. The molecule has 0 spiro atoms. The predicted octanol–water partition coefficient (Wildman–Crippen LogP) is 38.2. The number of rotatable bonds is 18. The van der Waals surface area contributed by atoms with Crippen LogP contribution in [0.15, 0.2) is 582 Å². The van der Waals surface area contributed by atoms with Gasteiger partial charge in [-0.25, -0.2) is 0 Å². The van der Waals surface area contributed by atoms with Crippen LogP contribution in [0, 0.1) is 0 Å². The molecule has 6 heteroatoms. The van der Waals surface area contributed by atoms with Gasteiger partial charge in [0.1, 0.15) is 0 Å². The second-order valence-corrected chi connectivity index (χ2v) is 36.7. The van der Waals surface area contributed by atoms with Gasteiger partial charge in [0.15, 0.2) is 0 Å². The van der Waals surface area contributed by atoms with E-state index in [0.717, 1.165) is 68.2 Å². The maximum atomic E-state index is 2.38. The number of fused-ring (bicyclic) bond motifs is 12. The molecular formula is C138H96N6. The lowest BCUT2D eigenvalue weighted by molar-refractivity contribution is 1.18. The molecule has 0 saturated carbocycles. The summed E-state index contributed by atoms with van der Waals surface area (Å²) in [5.41, 5.74) is 35.2. The molecule has 0 aliphatic heterocycles. The van der Waals surface area contributed by atoms with E-state index in [9.17, 15) is 0 Å². The molecule has 0 fully saturated rings. The van der Waals surface area contributed by atoms with Crippen molar-refractivity contribution in [1.29, 1.82) is 0 Å². The highest BCUT2D eigenvalue weighted by Crippen LogP contribution is 2.46. The molecule has 27 rings (SSSR count). The van der Waals surface area contributed by atoms with Crippen molar-refractivity contribution < 1.29 is 0 Å². The minimum absolute atomic E-state index is 1.11. The third-order valence-corrected chi connectivity index (χ3v) is 28.1. The summed E-state index contributed by atoms with van der Waals surface area (Å²) < 4.78 is 7.12. The molecule has 0 saturated heterocycles. The van der Waals surface area contributed by atoms with Crippen LogP contribution >= 0.6 is 0 Å². The Bertz CT molecular complexity index is 9210. The Kier molecular flexibility index (Phi) is 23.0. The molecule has 3 aromatic heterocycles. The fraction of sp³-hybridized carbons (Fsp3) is 0. The van der Waals surface area contributed by atoms with E-state index >= 15 is 0 Å². The van der Waals surface area contributed by atoms with Crippen LogP contribution < -0.4 is 14.7 Å². The number of para-hydroxylation sites is 9. The smallest absolute Gasteiger partial charge is 0.0541 e. The molecule has 0 aliphatic rings. The van der Waals surface area contributed by atoms with Gasteiger partial charge in [0.2, 0.25) is 0 Å². The van der Waals surface area contributed by atoms with Gasteiger partial charge in [-0.3, -0.25) is 0 Å². The lowest BCUT2D eigenvalue weighted by Crippen LogP contribution is -2.09. The van der Waals surface area contributed by atoms with Crippen LogP contribution in [-0.2, 0) is 0 Å². The van der Waals surface area contributed by atoms with Crippen molar-refractivity contribution in [3.63, 3.8) is 0 Å². The quantitative estimate of drug-likeness (QED) is 0.0856. The molecular weight excluding hydrogens is 1740 g/mol. The van der Waals surface area contributed by atoms with E-state index in [1.165, 1.54) is 164 Å². The zero-order valence-electron chi connectivity index (χ0n) is 79.1. The van der Waals surface area contributed by atoms with E-state index < -0.39 is 0 Å². The van der Waals surface area contributed by atoms with E-state index in [-0.39, 0.29) is 0 Å². The highest BCUT2D eigenvalue weighted by atomic mass is 15.2. The topological polar surface area (TPSA) is 24.5 Å². The van der Waals surface area contributed by atoms with Crippen LogP contribution in [-0.4, -0.2) is 13.7 Å². The summed E-state index contributed by atoms with van der Waals surface area (Å²) in [5.74, 6) is 0. The van der Waals surface area contributed by atoms with Crippen LogP contribution in [0.2, 0.25) is 0 Å². The Labute approximate surface area is 837 Å². The Morgan fingerprint density at radius 2 is 0.299 bits per heavy atom. The highest BCUT2D eigenvalue weighted by Gasteiger charge is 2.22. The number of anilines is 9. The summed E-state index contributed by atoms with van der Waals surface area (Å²) in [7, 11) is 0. The Morgan fingerprint density at radius 3 is 0.597 bits per heavy atom. The summed E-state index contributed by atoms with van der Waals surface area (Å²) in [6, 6.07) is 210. The van der Waals surface area contributed by atoms with Gasteiger partial charge in [-0.2, -0.15) is 0 Å². The number of benzene rings is 24. The van der Waals surface area contributed by atoms with E-state index in [0.29, 0.717) is 0 Å². The molecule has 0 unspecified atom stereocenters. The van der Waals surface area contributed by atoms with Crippen LogP contribution in [0.4, 0.5) is 51.2 Å². The molecule has 0 N–H and O–H groups in total. The first-order valence-corrected chi connectivity index (χ1v) is 49.3. The molecule has 0 atom stereocenters. The Morgan fingerprint density at radius 1 is 0.104 bits per heavy atom. The fourth-order valence-electron chi connectivity index (χ4n) is 21.1. The number of nitrogens with zero attached hydrogens (tertiary/aromatic N) is 6.